The van der Waals surface area contributed by atoms with Crippen LogP contribution in [0, 0.1) is 5.92 Å². The zero-order valence-corrected chi connectivity index (χ0v) is 16.6. The third-order valence-corrected chi connectivity index (χ3v) is 5.08. The van der Waals surface area contributed by atoms with Crippen LogP contribution in [-0.4, -0.2) is 16.9 Å². The van der Waals surface area contributed by atoms with E-state index in [0.717, 1.165) is 18.4 Å². The van der Waals surface area contributed by atoms with Gasteiger partial charge in [0.1, 0.15) is 0 Å². The third-order valence-electron chi connectivity index (χ3n) is 4.88. The fourth-order valence-corrected chi connectivity index (χ4v) is 3.67. The Morgan fingerprint density at radius 2 is 1.75 bits per heavy atom. The van der Waals surface area contributed by atoms with Crippen molar-refractivity contribution in [2.24, 2.45) is 5.92 Å². The summed E-state index contributed by atoms with van der Waals surface area (Å²) in [5.74, 6) is 0.254. The fraction of sp³-hybridized carbons (Fsp3) is 0.318. The number of amides is 2. The summed E-state index contributed by atoms with van der Waals surface area (Å²) in [6.45, 7) is 0.465. The van der Waals surface area contributed by atoms with Crippen molar-refractivity contribution in [1.29, 1.82) is 0 Å². The van der Waals surface area contributed by atoms with Gasteiger partial charge in [-0.25, -0.2) is 0 Å². The third kappa shape index (κ3) is 6.16. The van der Waals surface area contributed by atoms with E-state index in [1.165, 1.54) is 12.8 Å². The maximum atomic E-state index is 12.4. The predicted molar refractivity (Wildman–Crippen MR) is 115 cm³/mol. The van der Waals surface area contributed by atoms with Gasteiger partial charge >= 0.3 is 0 Å². The summed E-state index contributed by atoms with van der Waals surface area (Å²) in [6.07, 6.45) is 5.17. The summed E-state index contributed by atoms with van der Waals surface area (Å²) in [5, 5.41) is 8.87. The van der Waals surface area contributed by atoms with Gasteiger partial charge in [-0.3, -0.25) is 9.59 Å². The first-order chi connectivity index (χ1) is 13.6. The molecule has 6 heteroatoms. The van der Waals surface area contributed by atoms with Gasteiger partial charge in [-0.2, -0.15) is 0 Å². The molecule has 0 bridgehead atoms. The fourth-order valence-electron chi connectivity index (χ4n) is 3.44. The van der Waals surface area contributed by atoms with Gasteiger partial charge < -0.3 is 16.0 Å². The molecule has 146 valence electrons. The lowest BCUT2D eigenvalue weighted by Gasteiger charge is -2.13. The number of anilines is 1. The molecule has 1 fully saturated rings. The molecule has 0 saturated heterocycles. The Labute approximate surface area is 170 Å². The van der Waals surface area contributed by atoms with Crippen LogP contribution in [0.15, 0.2) is 54.6 Å². The maximum absolute atomic E-state index is 12.4. The molecule has 0 heterocycles. The van der Waals surface area contributed by atoms with Crippen molar-refractivity contribution < 1.29 is 9.59 Å². The van der Waals surface area contributed by atoms with E-state index < -0.39 is 0 Å². The Bertz CT molecular complexity index is 833. The molecular weight excluding hydrogens is 370 g/mol. The van der Waals surface area contributed by atoms with Crippen LogP contribution in [0.4, 0.5) is 5.69 Å². The van der Waals surface area contributed by atoms with Gasteiger partial charge in [-0.05, 0) is 54.7 Å². The largest absolute Gasteiger partial charge is 0.348 e. The van der Waals surface area contributed by atoms with E-state index >= 15 is 0 Å². The molecule has 0 spiro atoms. The van der Waals surface area contributed by atoms with Crippen LogP contribution in [0.1, 0.15) is 48.0 Å². The molecule has 5 nitrogen and oxygen atoms in total. The zero-order chi connectivity index (χ0) is 19.8. The topological polar surface area (TPSA) is 70.2 Å². The summed E-state index contributed by atoms with van der Waals surface area (Å²) in [6, 6.07) is 16.8. The number of carbonyl (C=O) groups is 2. The van der Waals surface area contributed by atoms with E-state index in [2.05, 4.69) is 16.0 Å². The van der Waals surface area contributed by atoms with Crippen molar-refractivity contribution in [3.8, 4) is 0 Å². The highest BCUT2D eigenvalue weighted by Crippen LogP contribution is 2.27. The number of carbonyl (C=O) groups excluding carboxylic acids is 2. The molecule has 1 saturated carbocycles. The highest BCUT2D eigenvalue weighted by atomic mass is 32.1. The Hall–Kier alpha value is -2.73. The number of rotatable bonds is 6. The summed E-state index contributed by atoms with van der Waals surface area (Å²) in [5.41, 5.74) is 2.23. The van der Waals surface area contributed by atoms with Crippen LogP contribution in [-0.2, 0) is 11.3 Å². The van der Waals surface area contributed by atoms with E-state index in [-0.39, 0.29) is 16.9 Å². The molecule has 0 aliphatic heterocycles. The molecule has 0 atom stereocenters. The predicted octanol–water partition coefficient (Wildman–Crippen LogP) is 4.01. The van der Waals surface area contributed by atoms with Crippen molar-refractivity contribution in [1.82, 2.24) is 10.6 Å². The molecule has 28 heavy (non-hydrogen) atoms. The Kier molecular flexibility index (Phi) is 7.14. The van der Waals surface area contributed by atoms with Gasteiger partial charge in [-0.15, -0.1) is 0 Å². The SMILES string of the molecule is O=C(CC1CCCC1)NC(=S)Nc1cccc(C(=O)NCc2ccccc2)c1. The number of thiocarbonyl (C=S) groups is 1. The normalized spacial score (nSPS) is 13.7. The van der Waals surface area contributed by atoms with E-state index in [9.17, 15) is 9.59 Å². The minimum absolute atomic E-state index is 0.0545. The minimum Gasteiger partial charge on any atom is -0.348 e. The standard InChI is InChI=1S/C22H25N3O2S/c26-20(13-16-7-4-5-8-16)25-22(28)24-19-12-6-11-18(14-19)21(27)23-15-17-9-2-1-3-10-17/h1-3,6,9-12,14,16H,4-5,7-8,13,15H2,(H,23,27)(H2,24,25,26,28). The van der Waals surface area contributed by atoms with E-state index in [0.29, 0.717) is 30.1 Å². The van der Waals surface area contributed by atoms with E-state index in [1.54, 1.807) is 18.2 Å². The molecule has 2 aromatic rings. The van der Waals surface area contributed by atoms with Gasteiger partial charge in [0, 0.05) is 24.2 Å². The van der Waals surface area contributed by atoms with Gasteiger partial charge in [0.25, 0.3) is 5.91 Å². The Balaban J connectivity index is 1.50. The average Bonchev–Trinajstić information content (AvgIpc) is 3.19. The Morgan fingerprint density at radius 3 is 2.50 bits per heavy atom. The molecule has 2 aromatic carbocycles. The molecule has 0 radical (unpaired) electrons. The maximum Gasteiger partial charge on any atom is 0.251 e. The Morgan fingerprint density at radius 1 is 1.00 bits per heavy atom. The highest BCUT2D eigenvalue weighted by molar-refractivity contribution is 7.80. The van der Waals surface area contributed by atoms with Gasteiger partial charge in [0.05, 0.1) is 0 Å². The highest BCUT2D eigenvalue weighted by Gasteiger charge is 2.19. The van der Waals surface area contributed by atoms with Crippen LogP contribution < -0.4 is 16.0 Å². The number of hydrogen-bond acceptors (Lipinski definition) is 3. The lowest BCUT2D eigenvalue weighted by molar-refractivity contribution is -0.120. The summed E-state index contributed by atoms with van der Waals surface area (Å²) >= 11 is 5.23. The van der Waals surface area contributed by atoms with Crippen molar-refractivity contribution in [3.63, 3.8) is 0 Å². The second kappa shape index (κ2) is 9.99. The lowest BCUT2D eigenvalue weighted by atomic mass is 10.0. The molecule has 3 rings (SSSR count). The number of nitrogens with one attached hydrogen (secondary N) is 3. The average molecular weight is 396 g/mol. The van der Waals surface area contributed by atoms with Crippen LogP contribution >= 0.6 is 12.2 Å². The minimum atomic E-state index is -0.163. The van der Waals surface area contributed by atoms with Crippen LogP contribution in [0.3, 0.4) is 0 Å². The summed E-state index contributed by atoms with van der Waals surface area (Å²) in [7, 11) is 0. The lowest BCUT2D eigenvalue weighted by Crippen LogP contribution is -2.35. The monoisotopic (exact) mass is 395 g/mol. The second-order valence-corrected chi connectivity index (χ2v) is 7.51. The van der Waals surface area contributed by atoms with Gasteiger partial charge in [0.2, 0.25) is 5.91 Å². The number of hydrogen-bond donors (Lipinski definition) is 3. The first-order valence-corrected chi connectivity index (χ1v) is 10.0. The van der Waals surface area contributed by atoms with Crippen LogP contribution in [0.25, 0.3) is 0 Å². The molecule has 2 amide bonds. The number of benzene rings is 2. The van der Waals surface area contributed by atoms with Crippen molar-refractivity contribution in [2.75, 3.05) is 5.32 Å². The first-order valence-electron chi connectivity index (χ1n) is 9.63. The second-order valence-electron chi connectivity index (χ2n) is 7.11. The molecule has 0 unspecified atom stereocenters. The molecule has 0 aromatic heterocycles. The summed E-state index contributed by atoms with van der Waals surface area (Å²) in [4.78, 5) is 24.5. The van der Waals surface area contributed by atoms with Gasteiger partial charge in [0.15, 0.2) is 5.11 Å². The van der Waals surface area contributed by atoms with E-state index in [4.69, 9.17) is 12.2 Å². The smallest absolute Gasteiger partial charge is 0.251 e. The molecular formula is C22H25N3O2S. The van der Waals surface area contributed by atoms with E-state index in [1.807, 2.05) is 36.4 Å². The van der Waals surface area contributed by atoms with Crippen LogP contribution in [0.5, 0.6) is 0 Å². The zero-order valence-electron chi connectivity index (χ0n) is 15.7. The van der Waals surface area contributed by atoms with Crippen molar-refractivity contribution >= 4 is 34.8 Å². The molecule has 1 aliphatic rings. The molecule has 1 aliphatic carbocycles. The van der Waals surface area contributed by atoms with Crippen molar-refractivity contribution in [3.05, 3.63) is 65.7 Å². The molecule has 3 N–H and O–H groups in total. The van der Waals surface area contributed by atoms with Crippen LogP contribution in [0.2, 0.25) is 0 Å². The summed E-state index contributed by atoms with van der Waals surface area (Å²) < 4.78 is 0. The van der Waals surface area contributed by atoms with Crippen molar-refractivity contribution in [2.45, 2.75) is 38.6 Å². The first kappa shape index (κ1) is 20.0. The van der Waals surface area contributed by atoms with Gasteiger partial charge in [-0.1, -0.05) is 49.2 Å². The quantitative estimate of drug-likeness (QED) is 0.647.